The number of hydrogen-bond acceptors (Lipinski definition) is 4. The van der Waals surface area contributed by atoms with Crippen LogP contribution in [0.15, 0.2) is 35.2 Å². The predicted octanol–water partition coefficient (Wildman–Crippen LogP) is 3.72. The number of fused-ring (bicyclic) bond motifs is 1. The molecule has 1 aromatic heterocycles. The van der Waals surface area contributed by atoms with Crippen LogP contribution < -0.4 is 10.1 Å². The minimum absolute atomic E-state index is 0.104. The molecular formula is C17H20N2OS. The SMILES string of the molecule is c1ccc2c(c1)OC1(CCC1)C[C@H]2NCCc1cscn1. The molecule has 110 valence electrons. The Bertz CT molecular complexity index is 607. The Morgan fingerprint density at radius 2 is 2.24 bits per heavy atom. The van der Waals surface area contributed by atoms with Gasteiger partial charge >= 0.3 is 0 Å². The zero-order valence-corrected chi connectivity index (χ0v) is 12.9. The number of thiazole rings is 1. The Hall–Kier alpha value is -1.39. The zero-order chi connectivity index (χ0) is 14.1. The minimum Gasteiger partial charge on any atom is -0.487 e. The van der Waals surface area contributed by atoms with E-state index in [2.05, 4.69) is 39.9 Å². The molecule has 1 aromatic carbocycles. The summed E-state index contributed by atoms with van der Waals surface area (Å²) in [6.45, 7) is 0.971. The van der Waals surface area contributed by atoms with Gasteiger partial charge < -0.3 is 10.1 Å². The molecule has 2 aliphatic rings. The maximum atomic E-state index is 6.29. The lowest BCUT2D eigenvalue weighted by Gasteiger charge is -2.48. The van der Waals surface area contributed by atoms with Crippen molar-refractivity contribution in [3.8, 4) is 5.75 Å². The summed E-state index contributed by atoms with van der Waals surface area (Å²) >= 11 is 1.67. The lowest BCUT2D eigenvalue weighted by atomic mass is 9.73. The van der Waals surface area contributed by atoms with E-state index in [1.165, 1.54) is 30.5 Å². The molecule has 1 aliphatic heterocycles. The number of aromatic nitrogens is 1. The van der Waals surface area contributed by atoms with E-state index in [1.807, 2.05) is 5.51 Å². The van der Waals surface area contributed by atoms with Crippen molar-refractivity contribution in [1.29, 1.82) is 0 Å². The Morgan fingerprint density at radius 1 is 1.33 bits per heavy atom. The number of nitrogens with zero attached hydrogens (tertiary/aromatic N) is 1. The fraction of sp³-hybridized carbons (Fsp3) is 0.471. The Morgan fingerprint density at radius 3 is 3.00 bits per heavy atom. The molecular weight excluding hydrogens is 280 g/mol. The third kappa shape index (κ3) is 2.58. The largest absolute Gasteiger partial charge is 0.487 e. The van der Waals surface area contributed by atoms with Gasteiger partial charge in [0.1, 0.15) is 11.4 Å². The van der Waals surface area contributed by atoms with E-state index in [-0.39, 0.29) is 5.60 Å². The molecule has 1 aliphatic carbocycles. The lowest BCUT2D eigenvalue weighted by Crippen LogP contribution is -2.49. The highest BCUT2D eigenvalue weighted by Gasteiger charge is 2.45. The summed E-state index contributed by atoms with van der Waals surface area (Å²) in [4.78, 5) is 4.35. The van der Waals surface area contributed by atoms with Gasteiger partial charge in [-0.2, -0.15) is 0 Å². The topological polar surface area (TPSA) is 34.1 Å². The first-order chi connectivity index (χ1) is 10.3. The summed E-state index contributed by atoms with van der Waals surface area (Å²) in [6, 6.07) is 8.90. The summed E-state index contributed by atoms with van der Waals surface area (Å²) in [5.74, 6) is 1.08. The second kappa shape index (κ2) is 5.43. The van der Waals surface area contributed by atoms with Gasteiger partial charge in [-0.15, -0.1) is 11.3 Å². The molecule has 4 heteroatoms. The van der Waals surface area contributed by atoms with Crippen LogP contribution in [0.5, 0.6) is 5.75 Å². The maximum absolute atomic E-state index is 6.29. The van der Waals surface area contributed by atoms with Crippen molar-refractivity contribution in [3.05, 3.63) is 46.4 Å². The highest BCUT2D eigenvalue weighted by molar-refractivity contribution is 7.07. The van der Waals surface area contributed by atoms with Crippen LogP contribution in [0.3, 0.4) is 0 Å². The second-order valence-corrected chi connectivity index (χ2v) is 6.84. The van der Waals surface area contributed by atoms with Crippen molar-refractivity contribution in [2.24, 2.45) is 0 Å². The van der Waals surface area contributed by atoms with Gasteiger partial charge in [-0.05, 0) is 25.3 Å². The number of rotatable bonds is 4. The highest BCUT2D eigenvalue weighted by atomic mass is 32.1. The molecule has 4 rings (SSSR count). The average molecular weight is 300 g/mol. The average Bonchev–Trinajstić information content (AvgIpc) is 2.98. The summed E-state index contributed by atoms with van der Waals surface area (Å²) in [7, 11) is 0. The van der Waals surface area contributed by atoms with Crippen LogP contribution in [-0.2, 0) is 6.42 Å². The Balaban J connectivity index is 1.47. The van der Waals surface area contributed by atoms with E-state index in [1.54, 1.807) is 11.3 Å². The van der Waals surface area contributed by atoms with Gasteiger partial charge in [0.05, 0.1) is 11.2 Å². The number of hydrogen-bond donors (Lipinski definition) is 1. The lowest BCUT2D eigenvalue weighted by molar-refractivity contribution is -0.0368. The number of nitrogens with one attached hydrogen (secondary N) is 1. The summed E-state index contributed by atoms with van der Waals surface area (Å²) in [5, 5.41) is 5.86. The summed E-state index contributed by atoms with van der Waals surface area (Å²) in [5.41, 5.74) is 4.51. The van der Waals surface area contributed by atoms with Gasteiger partial charge in [-0.1, -0.05) is 18.2 Å². The fourth-order valence-electron chi connectivity index (χ4n) is 3.41. The molecule has 2 aromatic rings. The molecule has 0 bridgehead atoms. The van der Waals surface area contributed by atoms with E-state index in [0.29, 0.717) is 6.04 Å². The second-order valence-electron chi connectivity index (χ2n) is 6.12. The quantitative estimate of drug-likeness (QED) is 0.934. The first-order valence-electron chi connectivity index (χ1n) is 7.73. The first-order valence-corrected chi connectivity index (χ1v) is 8.67. The smallest absolute Gasteiger partial charge is 0.124 e. The van der Waals surface area contributed by atoms with Crippen LogP contribution in [0.2, 0.25) is 0 Å². The van der Waals surface area contributed by atoms with Crippen molar-refractivity contribution >= 4 is 11.3 Å². The summed E-state index contributed by atoms with van der Waals surface area (Å²) in [6.07, 6.45) is 5.79. The minimum atomic E-state index is 0.104. The first kappa shape index (κ1) is 13.3. The zero-order valence-electron chi connectivity index (χ0n) is 12.0. The molecule has 3 nitrogen and oxygen atoms in total. The van der Waals surface area contributed by atoms with Gasteiger partial charge in [-0.3, -0.25) is 0 Å². The molecule has 1 saturated carbocycles. The van der Waals surface area contributed by atoms with Gasteiger partial charge in [-0.25, -0.2) is 4.98 Å². The Labute approximate surface area is 129 Å². The molecule has 1 N–H and O–H groups in total. The molecule has 21 heavy (non-hydrogen) atoms. The van der Waals surface area contributed by atoms with Crippen LogP contribution in [0, 0.1) is 0 Å². The molecule has 0 amide bonds. The van der Waals surface area contributed by atoms with E-state index in [4.69, 9.17) is 4.74 Å². The van der Waals surface area contributed by atoms with Crippen LogP contribution in [0.25, 0.3) is 0 Å². The molecule has 0 saturated heterocycles. The monoisotopic (exact) mass is 300 g/mol. The summed E-state index contributed by atoms with van der Waals surface area (Å²) < 4.78 is 6.29. The van der Waals surface area contributed by atoms with Crippen molar-refractivity contribution in [1.82, 2.24) is 10.3 Å². The molecule has 1 spiro atoms. The van der Waals surface area contributed by atoms with Crippen LogP contribution >= 0.6 is 11.3 Å². The molecule has 1 fully saturated rings. The maximum Gasteiger partial charge on any atom is 0.124 e. The molecule has 0 radical (unpaired) electrons. The normalized spacial score (nSPS) is 22.4. The fourth-order valence-corrected chi connectivity index (χ4v) is 4.01. The molecule has 2 heterocycles. The van der Waals surface area contributed by atoms with Gasteiger partial charge in [0.15, 0.2) is 0 Å². The number of benzene rings is 1. The van der Waals surface area contributed by atoms with Gasteiger partial charge in [0.2, 0.25) is 0 Å². The van der Waals surface area contributed by atoms with Crippen molar-refractivity contribution in [2.45, 2.75) is 43.7 Å². The van der Waals surface area contributed by atoms with Gasteiger partial charge in [0.25, 0.3) is 0 Å². The third-order valence-electron chi connectivity index (χ3n) is 4.72. The van der Waals surface area contributed by atoms with Crippen molar-refractivity contribution in [2.75, 3.05) is 6.54 Å². The van der Waals surface area contributed by atoms with Crippen LogP contribution in [-0.4, -0.2) is 17.1 Å². The van der Waals surface area contributed by atoms with E-state index >= 15 is 0 Å². The highest BCUT2D eigenvalue weighted by Crippen LogP contribution is 2.48. The number of para-hydroxylation sites is 1. The van der Waals surface area contributed by atoms with E-state index in [0.717, 1.165) is 25.1 Å². The predicted molar refractivity (Wildman–Crippen MR) is 84.8 cm³/mol. The van der Waals surface area contributed by atoms with Crippen LogP contribution in [0.4, 0.5) is 0 Å². The van der Waals surface area contributed by atoms with E-state index in [9.17, 15) is 0 Å². The standard InChI is InChI=1S/C17H20N2OS/c1-2-5-16-14(4-1)15(10-17(20-16)7-3-8-17)18-9-6-13-11-21-12-19-13/h1-2,4-5,11-12,15,18H,3,6-10H2/t15-/m1/s1. The Kier molecular flexibility index (Phi) is 3.43. The van der Waals surface area contributed by atoms with Crippen molar-refractivity contribution in [3.63, 3.8) is 0 Å². The van der Waals surface area contributed by atoms with Gasteiger partial charge in [0, 0.05) is 36.4 Å². The van der Waals surface area contributed by atoms with Crippen molar-refractivity contribution < 1.29 is 4.74 Å². The van der Waals surface area contributed by atoms with E-state index < -0.39 is 0 Å². The van der Waals surface area contributed by atoms with Crippen LogP contribution in [0.1, 0.15) is 43.0 Å². The number of ether oxygens (including phenoxy) is 1. The molecule has 0 unspecified atom stereocenters. The third-order valence-corrected chi connectivity index (χ3v) is 5.35. The molecule has 1 atom stereocenters.